The molecule has 0 bridgehead atoms. The SMILES string of the molecule is Cl.O=C(Nc1ncc(CN2CC[C@@H](O)[C@H]2c2ccccc2Cl)s1)C1(c2ccc3c(c2)OCO3)CC1. The van der Waals surface area contributed by atoms with Crippen LogP contribution in [-0.4, -0.2) is 40.3 Å². The Labute approximate surface area is 218 Å². The van der Waals surface area contributed by atoms with Gasteiger partial charge in [0, 0.05) is 29.2 Å². The van der Waals surface area contributed by atoms with Crippen molar-refractivity contribution >= 4 is 46.4 Å². The third-order valence-electron chi connectivity index (χ3n) is 6.94. The number of anilines is 1. The van der Waals surface area contributed by atoms with Gasteiger partial charge in [0.1, 0.15) is 0 Å². The number of aliphatic hydroxyl groups is 1. The first-order valence-corrected chi connectivity index (χ1v) is 12.6. The van der Waals surface area contributed by atoms with Crippen LogP contribution in [0, 0.1) is 0 Å². The van der Waals surface area contributed by atoms with E-state index in [0.29, 0.717) is 34.6 Å². The van der Waals surface area contributed by atoms with E-state index in [2.05, 4.69) is 15.2 Å². The second kappa shape index (κ2) is 9.59. The Balaban J connectivity index is 0.00000253. The Morgan fingerprint density at radius 1 is 1.23 bits per heavy atom. The number of fused-ring (bicyclic) bond motifs is 1. The number of carbonyl (C=O) groups excluding carboxylic acids is 1. The second-order valence-corrected chi connectivity index (χ2v) is 10.6. The fourth-order valence-corrected chi connectivity index (χ4v) is 6.04. The molecule has 1 saturated carbocycles. The highest BCUT2D eigenvalue weighted by Gasteiger charge is 2.52. The molecule has 0 unspecified atom stereocenters. The van der Waals surface area contributed by atoms with Crippen LogP contribution in [0.1, 0.15) is 41.3 Å². The molecular formula is C25H25Cl2N3O4S. The molecule has 2 fully saturated rings. The molecule has 1 aromatic heterocycles. The molecular weight excluding hydrogens is 509 g/mol. The van der Waals surface area contributed by atoms with Crippen molar-refractivity contribution in [3.8, 4) is 11.5 Å². The first kappa shape index (κ1) is 24.3. The molecule has 3 aromatic rings. The summed E-state index contributed by atoms with van der Waals surface area (Å²) in [5.74, 6) is 1.36. The van der Waals surface area contributed by atoms with Crippen molar-refractivity contribution in [2.24, 2.45) is 0 Å². The summed E-state index contributed by atoms with van der Waals surface area (Å²) >= 11 is 7.89. The van der Waals surface area contributed by atoms with Crippen LogP contribution in [0.2, 0.25) is 5.02 Å². The van der Waals surface area contributed by atoms with Crippen LogP contribution in [-0.2, 0) is 16.8 Å². The van der Waals surface area contributed by atoms with E-state index in [0.717, 1.165) is 35.4 Å². The highest BCUT2D eigenvalue weighted by Crippen LogP contribution is 2.51. The molecule has 7 nitrogen and oxygen atoms in total. The van der Waals surface area contributed by atoms with E-state index in [9.17, 15) is 9.90 Å². The van der Waals surface area contributed by atoms with Crippen molar-refractivity contribution in [3.63, 3.8) is 0 Å². The number of rotatable bonds is 6. The summed E-state index contributed by atoms with van der Waals surface area (Å²) in [4.78, 5) is 20.9. The Hall–Kier alpha value is -2.36. The van der Waals surface area contributed by atoms with Gasteiger partial charge in [0.05, 0.1) is 17.6 Å². The van der Waals surface area contributed by atoms with Crippen molar-refractivity contribution in [1.82, 2.24) is 9.88 Å². The summed E-state index contributed by atoms with van der Waals surface area (Å²) in [7, 11) is 0. The number of nitrogens with one attached hydrogen (secondary N) is 1. The van der Waals surface area contributed by atoms with Crippen molar-refractivity contribution < 1.29 is 19.4 Å². The van der Waals surface area contributed by atoms with E-state index < -0.39 is 11.5 Å². The van der Waals surface area contributed by atoms with E-state index >= 15 is 0 Å². The number of nitrogens with zero attached hydrogens (tertiary/aromatic N) is 2. The zero-order valence-corrected chi connectivity index (χ0v) is 21.2. The molecule has 2 N–H and O–H groups in total. The van der Waals surface area contributed by atoms with Gasteiger partial charge < -0.3 is 19.9 Å². The van der Waals surface area contributed by atoms with Gasteiger partial charge in [-0.1, -0.05) is 35.9 Å². The fourth-order valence-electron chi connectivity index (χ4n) is 4.96. The summed E-state index contributed by atoms with van der Waals surface area (Å²) < 4.78 is 10.9. The lowest BCUT2D eigenvalue weighted by Gasteiger charge is -2.26. The van der Waals surface area contributed by atoms with Crippen LogP contribution >= 0.6 is 35.3 Å². The van der Waals surface area contributed by atoms with E-state index in [1.807, 2.05) is 42.5 Å². The number of likely N-dealkylation sites (tertiary alicyclic amines) is 1. The number of aliphatic hydroxyl groups excluding tert-OH is 1. The van der Waals surface area contributed by atoms with Gasteiger partial charge >= 0.3 is 0 Å². The molecule has 10 heteroatoms. The van der Waals surface area contributed by atoms with Gasteiger partial charge in [0.2, 0.25) is 12.7 Å². The van der Waals surface area contributed by atoms with Crippen LogP contribution in [0.15, 0.2) is 48.7 Å². The molecule has 6 rings (SSSR count). The summed E-state index contributed by atoms with van der Waals surface area (Å²) in [5, 5.41) is 14.9. The molecule has 2 atom stereocenters. The first-order chi connectivity index (χ1) is 16.5. The van der Waals surface area contributed by atoms with E-state index in [1.165, 1.54) is 11.3 Å². The van der Waals surface area contributed by atoms with Crippen LogP contribution in [0.25, 0.3) is 0 Å². The molecule has 0 spiro atoms. The first-order valence-electron chi connectivity index (χ1n) is 11.4. The molecule has 2 aromatic carbocycles. The number of amides is 1. The predicted octanol–water partition coefficient (Wildman–Crippen LogP) is 4.93. The van der Waals surface area contributed by atoms with Crippen LogP contribution in [0.4, 0.5) is 5.13 Å². The maximum absolute atomic E-state index is 13.2. The number of hydrogen-bond acceptors (Lipinski definition) is 7. The Morgan fingerprint density at radius 3 is 2.83 bits per heavy atom. The zero-order valence-electron chi connectivity index (χ0n) is 18.8. The number of aromatic nitrogens is 1. The summed E-state index contributed by atoms with van der Waals surface area (Å²) in [6.45, 7) is 1.61. The molecule has 184 valence electrons. The average Bonchev–Trinajstić information content (AvgIpc) is 3.12. The molecule has 3 heterocycles. The zero-order chi connectivity index (χ0) is 23.3. The number of thiazole rings is 1. The monoisotopic (exact) mass is 533 g/mol. The highest BCUT2D eigenvalue weighted by atomic mass is 35.5. The third kappa shape index (κ3) is 4.49. The molecule has 1 amide bonds. The van der Waals surface area contributed by atoms with Crippen molar-refractivity contribution in [2.45, 2.75) is 43.4 Å². The molecule has 1 aliphatic carbocycles. The quantitative estimate of drug-likeness (QED) is 0.467. The molecule has 2 aliphatic heterocycles. The highest BCUT2D eigenvalue weighted by molar-refractivity contribution is 7.15. The number of hydrogen-bond donors (Lipinski definition) is 2. The van der Waals surface area contributed by atoms with E-state index in [-0.39, 0.29) is 31.1 Å². The van der Waals surface area contributed by atoms with Gasteiger partial charge in [0.25, 0.3) is 0 Å². The summed E-state index contributed by atoms with van der Waals surface area (Å²) in [6, 6.07) is 13.2. The van der Waals surface area contributed by atoms with Gasteiger partial charge in [-0.15, -0.1) is 23.7 Å². The smallest absolute Gasteiger partial charge is 0.236 e. The average molecular weight is 534 g/mol. The predicted molar refractivity (Wildman–Crippen MR) is 137 cm³/mol. The molecule has 0 radical (unpaired) electrons. The second-order valence-electron chi connectivity index (χ2n) is 9.03. The van der Waals surface area contributed by atoms with Crippen LogP contribution in [0.5, 0.6) is 11.5 Å². The normalized spacial score (nSPS) is 22.0. The minimum absolute atomic E-state index is 0. The number of benzene rings is 2. The Morgan fingerprint density at radius 2 is 2.03 bits per heavy atom. The van der Waals surface area contributed by atoms with Crippen molar-refractivity contribution in [2.75, 3.05) is 18.7 Å². The largest absolute Gasteiger partial charge is 0.454 e. The van der Waals surface area contributed by atoms with Gasteiger partial charge in [-0.3, -0.25) is 9.69 Å². The molecule has 35 heavy (non-hydrogen) atoms. The van der Waals surface area contributed by atoms with Crippen LogP contribution < -0.4 is 14.8 Å². The van der Waals surface area contributed by atoms with E-state index in [1.54, 1.807) is 6.20 Å². The Bertz CT molecular complexity index is 1250. The fraction of sp³-hybridized carbons (Fsp3) is 0.360. The van der Waals surface area contributed by atoms with Gasteiger partial charge in [-0.25, -0.2) is 4.98 Å². The van der Waals surface area contributed by atoms with E-state index in [4.69, 9.17) is 21.1 Å². The molecule has 3 aliphatic rings. The minimum atomic E-state index is -0.541. The maximum Gasteiger partial charge on any atom is 0.236 e. The maximum atomic E-state index is 13.2. The van der Waals surface area contributed by atoms with Gasteiger partial charge in [0.15, 0.2) is 16.6 Å². The minimum Gasteiger partial charge on any atom is -0.454 e. The standard InChI is InChI=1S/C25H24ClN3O4S.ClH/c26-18-4-2-1-3-17(18)22-19(30)7-10-29(22)13-16-12-27-24(34-16)28-23(31)25(8-9-25)15-5-6-20-21(11-15)33-14-32-20;/h1-6,11-12,19,22,30H,7-10,13-14H2,(H,27,28,31);1H/t19-,22-;/m1./s1. The lowest BCUT2D eigenvalue weighted by Crippen LogP contribution is -2.27. The van der Waals surface area contributed by atoms with Gasteiger partial charge in [-0.2, -0.15) is 0 Å². The Kier molecular flexibility index (Phi) is 6.67. The number of halogens is 2. The summed E-state index contributed by atoms with van der Waals surface area (Å²) in [6.07, 6.45) is 3.61. The van der Waals surface area contributed by atoms with Crippen molar-refractivity contribution in [1.29, 1.82) is 0 Å². The lowest BCUT2D eigenvalue weighted by molar-refractivity contribution is -0.118. The number of ether oxygens (including phenoxy) is 2. The third-order valence-corrected chi connectivity index (χ3v) is 8.18. The van der Waals surface area contributed by atoms with Crippen LogP contribution in [0.3, 0.4) is 0 Å². The van der Waals surface area contributed by atoms with Gasteiger partial charge in [-0.05, 0) is 48.6 Å². The lowest BCUT2D eigenvalue weighted by atomic mass is 9.94. The summed E-state index contributed by atoms with van der Waals surface area (Å²) in [5.41, 5.74) is 1.34. The molecule has 1 saturated heterocycles. The van der Waals surface area contributed by atoms with Crippen molar-refractivity contribution in [3.05, 3.63) is 69.7 Å². The topological polar surface area (TPSA) is 83.9 Å². The number of carbonyl (C=O) groups is 1.